The molecule has 1 aromatic heterocycles. The Kier molecular flexibility index (Phi) is 2.87. The number of hydrogen-bond donors (Lipinski definition) is 1. The Morgan fingerprint density at radius 3 is 2.62 bits per heavy atom. The maximum absolute atomic E-state index is 12.7. The van der Waals surface area contributed by atoms with E-state index in [1.807, 2.05) is 0 Å². The Hall–Kier alpha value is -1.12. The Morgan fingerprint density at radius 2 is 2.12 bits per heavy atom. The molecule has 16 heavy (non-hydrogen) atoms. The van der Waals surface area contributed by atoms with Crippen molar-refractivity contribution in [2.75, 3.05) is 5.32 Å². The summed E-state index contributed by atoms with van der Waals surface area (Å²) in [5.74, 6) is 0.227. The quantitative estimate of drug-likeness (QED) is 0.775. The minimum absolute atomic E-state index is 0.407. The van der Waals surface area contributed by atoms with Gasteiger partial charge in [0.2, 0.25) is 5.95 Å². The molecule has 1 aliphatic rings. The van der Waals surface area contributed by atoms with Crippen LogP contribution in [-0.2, 0) is 0 Å². The minimum Gasteiger partial charge on any atom is -0.381 e. The van der Waals surface area contributed by atoms with Crippen LogP contribution in [0.5, 0.6) is 0 Å². The third kappa shape index (κ3) is 2.52. The second-order valence-electron chi connectivity index (χ2n) is 5.67. The fraction of sp³-hybridized carbons (Fsp3) is 0.615. The van der Waals surface area contributed by atoms with Crippen LogP contribution >= 0.6 is 0 Å². The summed E-state index contributed by atoms with van der Waals surface area (Å²) in [6.45, 7) is 6.87. The lowest BCUT2D eigenvalue weighted by Crippen LogP contribution is -2.22. The third-order valence-corrected chi connectivity index (χ3v) is 3.41. The molecule has 1 N–H and O–H groups in total. The second kappa shape index (κ2) is 4.04. The van der Waals surface area contributed by atoms with Gasteiger partial charge in [-0.3, -0.25) is 0 Å². The highest BCUT2D eigenvalue weighted by Gasteiger charge is 2.36. The van der Waals surface area contributed by atoms with Gasteiger partial charge in [0.05, 0.1) is 11.9 Å². The Morgan fingerprint density at radius 1 is 1.38 bits per heavy atom. The number of pyridine rings is 1. The van der Waals surface area contributed by atoms with Crippen LogP contribution in [-0.4, -0.2) is 11.0 Å². The smallest absolute Gasteiger partial charge is 0.212 e. The highest BCUT2D eigenvalue weighted by Crippen LogP contribution is 2.41. The van der Waals surface area contributed by atoms with E-state index in [1.54, 1.807) is 12.3 Å². The lowest BCUT2D eigenvalue weighted by molar-refractivity contribution is 0.366. The van der Waals surface area contributed by atoms with E-state index in [4.69, 9.17) is 0 Å². The zero-order valence-electron chi connectivity index (χ0n) is 10.1. The van der Waals surface area contributed by atoms with Crippen LogP contribution in [0, 0.1) is 17.3 Å². The van der Waals surface area contributed by atoms with Crippen LogP contribution in [0.2, 0.25) is 0 Å². The van der Waals surface area contributed by atoms with Gasteiger partial charge in [-0.1, -0.05) is 20.8 Å². The van der Waals surface area contributed by atoms with E-state index < -0.39 is 5.95 Å². The standard InChI is InChI=1S/C13H19FN2/c1-9-6-13(2,3)7-11(9)16-10-4-5-12(14)15-8-10/h4-5,8-9,11,16H,6-7H2,1-3H3. The van der Waals surface area contributed by atoms with Crippen LogP contribution < -0.4 is 5.32 Å². The number of aromatic nitrogens is 1. The molecule has 2 nitrogen and oxygen atoms in total. The second-order valence-corrected chi connectivity index (χ2v) is 5.67. The number of anilines is 1. The van der Waals surface area contributed by atoms with Gasteiger partial charge in [0, 0.05) is 6.04 Å². The molecule has 1 fully saturated rings. The largest absolute Gasteiger partial charge is 0.381 e. The van der Waals surface area contributed by atoms with E-state index in [-0.39, 0.29) is 0 Å². The van der Waals surface area contributed by atoms with Gasteiger partial charge in [-0.25, -0.2) is 4.98 Å². The van der Waals surface area contributed by atoms with E-state index >= 15 is 0 Å². The summed E-state index contributed by atoms with van der Waals surface area (Å²) in [5.41, 5.74) is 1.32. The zero-order valence-corrected chi connectivity index (χ0v) is 10.1. The normalized spacial score (nSPS) is 28.0. The fourth-order valence-electron chi connectivity index (χ4n) is 2.76. The lowest BCUT2D eigenvalue weighted by Gasteiger charge is -2.19. The summed E-state index contributed by atoms with van der Waals surface area (Å²) >= 11 is 0. The predicted molar refractivity (Wildman–Crippen MR) is 63.8 cm³/mol. The summed E-state index contributed by atoms with van der Waals surface area (Å²) in [7, 11) is 0. The molecule has 0 saturated heterocycles. The molecule has 1 aromatic rings. The van der Waals surface area contributed by atoms with E-state index in [0.29, 0.717) is 17.4 Å². The summed E-state index contributed by atoms with van der Waals surface area (Å²) in [6.07, 6.45) is 3.96. The molecule has 1 saturated carbocycles. The molecule has 0 aromatic carbocycles. The van der Waals surface area contributed by atoms with Gasteiger partial charge in [0.15, 0.2) is 0 Å². The SMILES string of the molecule is CC1CC(C)(C)CC1Nc1ccc(F)nc1. The maximum Gasteiger partial charge on any atom is 0.212 e. The molecule has 0 aliphatic heterocycles. The van der Waals surface area contributed by atoms with Crippen molar-refractivity contribution in [1.29, 1.82) is 0 Å². The van der Waals surface area contributed by atoms with Gasteiger partial charge in [-0.05, 0) is 36.3 Å². The van der Waals surface area contributed by atoms with Crippen molar-refractivity contribution in [1.82, 2.24) is 4.98 Å². The van der Waals surface area contributed by atoms with E-state index in [2.05, 4.69) is 31.1 Å². The first-order valence-corrected chi connectivity index (χ1v) is 5.84. The molecule has 1 heterocycles. The van der Waals surface area contributed by atoms with Crippen LogP contribution in [0.3, 0.4) is 0 Å². The van der Waals surface area contributed by atoms with Crippen molar-refractivity contribution in [3.63, 3.8) is 0 Å². The monoisotopic (exact) mass is 222 g/mol. The molecule has 0 spiro atoms. The van der Waals surface area contributed by atoms with Gasteiger partial charge in [0.1, 0.15) is 0 Å². The molecule has 0 amide bonds. The molecule has 2 atom stereocenters. The summed E-state index contributed by atoms with van der Waals surface area (Å²) in [4.78, 5) is 3.65. The molecular weight excluding hydrogens is 203 g/mol. The molecule has 2 rings (SSSR count). The van der Waals surface area contributed by atoms with E-state index in [1.165, 1.54) is 12.5 Å². The molecule has 2 unspecified atom stereocenters. The van der Waals surface area contributed by atoms with Crippen LogP contribution in [0.25, 0.3) is 0 Å². The van der Waals surface area contributed by atoms with Gasteiger partial charge in [-0.2, -0.15) is 4.39 Å². The summed E-state index contributed by atoms with van der Waals surface area (Å²) in [5, 5.41) is 3.44. The van der Waals surface area contributed by atoms with Crippen molar-refractivity contribution in [2.24, 2.45) is 11.3 Å². The topological polar surface area (TPSA) is 24.9 Å². The van der Waals surface area contributed by atoms with Crippen LogP contribution in [0.4, 0.5) is 10.1 Å². The Labute approximate surface area is 96.3 Å². The Balaban J connectivity index is 2.03. The molecule has 0 radical (unpaired) electrons. The maximum atomic E-state index is 12.7. The van der Waals surface area contributed by atoms with Crippen molar-refractivity contribution in [3.8, 4) is 0 Å². The van der Waals surface area contributed by atoms with Crippen LogP contribution in [0.15, 0.2) is 18.3 Å². The average Bonchev–Trinajstić information content (AvgIpc) is 2.44. The van der Waals surface area contributed by atoms with Gasteiger partial charge in [-0.15, -0.1) is 0 Å². The van der Waals surface area contributed by atoms with E-state index in [0.717, 1.165) is 12.1 Å². The van der Waals surface area contributed by atoms with Crippen molar-refractivity contribution in [2.45, 2.75) is 39.7 Å². The number of hydrogen-bond acceptors (Lipinski definition) is 2. The number of rotatable bonds is 2. The number of nitrogens with zero attached hydrogens (tertiary/aromatic N) is 1. The van der Waals surface area contributed by atoms with Crippen molar-refractivity contribution < 1.29 is 4.39 Å². The first-order valence-electron chi connectivity index (χ1n) is 5.84. The molecule has 3 heteroatoms. The summed E-state index contributed by atoms with van der Waals surface area (Å²) < 4.78 is 12.7. The highest BCUT2D eigenvalue weighted by atomic mass is 19.1. The molecular formula is C13H19FN2. The van der Waals surface area contributed by atoms with Gasteiger partial charge < -0.3 is 5.32 Å². The van der Waals surface area contributed by atoms with Crippen molar-refractivity contribution in [3.05, 3.63) is 24.3 Å². The Bertz CT molecular complexity index is 359. The molecule has 88 valence electrons. The predicted octanol–water partition coefficient (Wildman–Crippen LogP) is 3.46. The third-order valence-electron chi connectivity index (χ3n) is 3.41. The molecule has 0 bridgehead atoms. The number of nitrogens with one attached hydrogen (secondary N) is 1. The van der Waals surface area contributed by atoms with Gasteiger partial charge in [0.25, 0.3) is 0 Å². The average molecular weight is 222 g/mol. The van der Waals surface area contributed by atoms with Crippen molar-refractivity contribution >= 4 is 5.69 Å². The first-order chi connectivity index (χ1) is 7.46. The minimum atomic E-state index is -0.426. The van der Waals surface area contributed by atoms with E-state index in [9.17, 15) is 4.39 Å². The first kappa shape index (κ1) is 11.4. The highest BCUT2D eigenvalue weighted by molar-refractivity contribution is 5.41. The zero-order chi connectivity index (χ0) is 11.8. The summed E-state index contributed by atoms with van der Waals surface area (Å²) in [6, 6.07) is 3.62. The fourth-order valence-corrected chi connectivity index (χ4v) is 2.76. The van der Waals surface area contributed by atoms with Gasteiger partial charge >= 0.3 is 0 Å². The lowest BCUT2D eigenvalue weighted by atomic mass is 9.91. The number of halogens is 1. The van der Waals surface area contributed by atoms with Crippen LogP contribution in [0.1, 0.15) is 33.6 Å². The molecule has 1 aliphatic carbocycles.